The molecule has 11 heavy (non-hydrogen) atoms. The summed E-state index contributed by atoms with van der Waals surface area (Å²) in [7, 11) is 0. The van der Waals surface area contributed by atoms with Crippen LogP contribution < -0.4 is 0 Å². The molecule has 1 aliphatic carbocycles. The van der Waals surface area contributed by atoms with Crippen LogP contribution in [0.1, 0.15) is 46.0 Å². The molecule has 2 atom stereocenters. The summed E-state index contributed by atoms with van der Waals surface area (Å²) in [5.74, 6) is 0.746. The lowest BCUT2D eigenvalue weighted by Crippen LogP contribution is -2.28. The van der Waals surface area contributed by atoms with Crippen LogP contribution in [-0.4, -0.2) is 0 Å². The maximum atomic E-state index is 8.65. The maximum absolute atomic E-state index is 8.65. The number of hydrogen-bond donors (Lipinski definition) is 0. The molecule has 0 aliphatic heterocycles. The minimum absolute atomic E-state index is 0.326. The molecule has 1 fully saturated rings. The summed E-state index contributed by atoms with van der Waals surface area (Å²) in [5, 5.41) is 8.65. The van der Waals surface area contributed by atoms with Crippen molar-refractivity contribution in [2.24, 2.45) is 11.3 Å². The second-order valence-electron chi connectivity index (χ2n) is 4.14. The first-order chi connectivity index (χ1) is 5.19. The molecule has 1 rings (SSSR count). The van der Waals surface area contributed by atoms with E-state index in [9.17, 15) is 0 Å². The average molecular weight is 151 g/mol. The molecule has 1 saturated carbocycles. The Morgan fingerprint density at radius 2 is 2.27 bits per heavy atom. The molecule has 0 aromatic carbocycles. The zero-order chi connectivity index (χ0) is 8.32. The van der Waals surface area contributed by atoms with E-state index in [1.807, 2.05) is 0 Å². The predicted molar refractivity (Wildman–Crippen MR) is 46.0 cm³/mol. The SMILES string of the molecule is CC1CCCCC1(C)CC#N. The lowest BCUT2D eigenvalue weighted by Gasteiger charge is -2.37. The van der Waals surface area contributed by atoms with Crippen LogP contribution in [-0.2, 0) is 0 Å². The Hall–Kier alpha value is -0.510. The summed E-state index contributed by atoms with van der Waals surface area (Å²) < 4.78 is 0. The van der Waals surface area contributed by atoms with Crippen LogP contribution in [0.25, 0.3) is 0 Å². The lowest BCUT2D eigenvalue weighted by atomic mass is 9.67. The van der Waals surface area contributed by atoms with Crippen LogP contribution in [0.3, 0.4) is 0 Å². The Morgan fingerprint density at radius 3 is 2.82 bits per heavy atom. The van der Waals surface area contributed by atoms with Gasteiger partial charge in [-0.2, -0.15) is 5.26 Å². The molecule has 0 N–H and O–H groups in total. The van der Waals surface area contributed by atoms with Crippen LogP contribution in [0.2, 0.25) is 0 Å². The van der Waals surface area contributed by atoms with Crippen LogP contribution >= 0.6 is 0 Å². The van der Waals surface area contributed by atoms with E-state index < -0.39 is 0 Å². The predicted octanol–water partition coefficient (Wildman–Crippen LogP) is 3.12. The average Bonchev–Trinajstić information content (AvgIpc) is 1.96. The third-order valence-corrected chi connectivity index (χ3v) is 3.31. The van der Waals surface area contributed by atoms with Gasteiger partial charge in [-0.15, -0.1) is 0 Å². The molecule has 0 heterocycles. The van der Waals surface area contributed by atoms with Crippen molar-refractivity contribution >= 4 is 0 Å². The fourth-order valence-corrected chi connectivity index (χ4v) is 2.02. The second kappa shape index (κ2) is 3.26. The van der Waals surface area contributed by atoms with E-state index in [4.69, 9.17) is 5.26 Å². The van der Waals surface area contributed by atoms with Crippen LogP contribution in [0.4, 0.5) is 0 Å². The van der Waals surface area contributed by atoms with Gasteiger partial charge < -0.3 is 0 Å². The van der Waals surface area contributed by atoms with Crippen molar-refractivity contribution in [1.29, 1.82) is 5.26 Å². The zero-order valence-electron chi connectivity index (χ0n) is 7.56. The van der Waals surface area contributed by atoms with Gasteiger partial charge in [0.25, 0.3) is 0 Å². The quantitative estimate of drug-likeness (QED) is 0.565. The van der Waals surface area contributed by atoms with Crippen molar-refractivity contribution in [3.63, 3.8) is 0 Å². The highest BCUT2D eigenvalue weighted by atomic mass is 14.4. The first-order valence-electron chi connectivity index (χ1n) is 4.56. The van der Waals surface area contributed by atoms with E-state index in [0.29, 0.717) is 5.41 Å². The van der Waals surface area contributed by atoms with E-state index >= 15 is 0 Å². The minimum Gasteiger partial charge on any atom is -0.198 e. The first-order valence-corrected chi connectivity index (χ1v) is 4.56. The first kappa shape index (κ1) is 8.59. The molecule has 0 bridgehead atoms. The number of rotatable bonds is 1. The van der Waals surface area contributed by atoms with Crippen LogP contribution in [0.5, 0.6) is 0 Å². The summed E-state index contributed by atoms with van der Waals surface area (Å²) in [4.78, 5) is 0. The van der Waals surface area contributed by atoms with E-state index in [1.165, 1.54) is 25.7 Å². The van der Waals surface area contributed by atoms with Crippen molar-refractivity contribution in [1.82, 2.24) is 0 Å². The van der Waals surface area contributed by atoms with Crippen molar-refractivity contribution in [3.8, 4) is 6.07 Å². The molecule has 62 valence electrons. The summed E-state index contributed by atoms with van der Waals surface area (Å²) in [6.45, 7) is 4.55. The topological polar surface area (TPSA) is 23.8 Å². The molecular formula is C10H17N. The zero-order valence-corrected chi connectivity index (χ0v) is 7.56. The number of hydrogen-bond acceptors (Lipinski definition) is 1. The van der Waals surface area contributed by atoms with E-state index in [0.717, 1.165) is 12.3 Å². The third-order valence-electron chi connectivity index (χ3n) is 3.31. The molecule has 1 nitrogen and oxygen atoms in total. The Bertz CT molecular complexity index is 168. The summed E-state index contributed by atoms with van der Waals surface area (Å²) in [6.07, 6.45) is 6.00. The van der Waals surface area contributed by atoms with Gasteiger partial charge in [0.2, 0.25) is 0 Å². The van der Waals surface area contributed by atoms with Crippen LogP contribution in [0, 0.1) is 22.7 Å². The molecule has 1 aliphatic rings. The normalized spacial score (nSPS) is 38.1. The van der Waals surface area contributed by atoms with Gasteiger partial charge in [0.15, 0.2) is 0 Å². The van der Waals surface area contributed by atoms with E-state index in [2.05, 4.69) is 19.9 Å². The highest BCUT2D eigenvalue weighted by Gasteiger charge is 2.32. The molecule has 0 aromatic rings. The van der Waals surface area contributed by atoms with Gasteiger partial charge in [0.1, 0.15) is 0 Å². The Morgan fingerprint density at radius 1 is 1.55 bits per heavy atom. The third kappa shape index (κ3) is 1.74. The summed E-state index contributed by atoms with van der Waals surface area (Å²) in [5.41, 5.74) is 0.326. The highest BCUT2D eigenvalue weighted by molar-refractivity contribution is 4.91. The van der Waals surface area contributed by atoms with Crippen molar-refractivity contribution in [2.75, 3.05) is 0 Å². The summed E-state index contributed by atoms with van der Waals surface area (Å²) in [6, 6.07) is 2.31. The van der Waals surface area contributed by atoms with Gasteiger partial charge in [0, 0.05) is 6.42 Å². The van der Waals surface area contributed by atoms with Crippen molar-refractivity contribution in [2.45, 2.75) is 46.0 Å². The standard InChI is InChI=1S/C10H17N/c1-9-5-3-4-6-10(9,2)7-8-11/h9H,3-7H2,1-2H3. The molecule has 2 unspecified atom stereocenters. The number of nitrogens with zero attached hydrogens (tertiary/aromatic N) is 1. The van der Waals surface area contributed by atoms with Crippen LogP contribution in [0.15, 0.2) is 0 Å². The van der Waals surface area contributed by atoms with Crippen molar-refractivity contribution < 1.29 is 0 Å². The molecule has 0 radical (unpaired) electrons. The Balaban J connectivity index is 2.58. The van der Waals surface area contributed by atoms with Gasteiger partial charge in [0.05, 0.1) is 6.07 Å². The van der Waals surface area contributed by atoms with Crippen molar-refractivity contribution in [3.05, 3.63) is 0 Å². The van der Waals surface area contributed by atoms with Gasteiger partial charge in [-0.3, -0.25) is 0 Å². The molecule has 0 saturated heterocycles. The van der Waals surface area contributed by atoms with E-state index in [1.54, 1.807) is 0 Å². The van der Waals surface area contributed by atoms with Gasteiger partial charge in [-0.25, -0.2) is 0 Å². The number of nitriles is 1. The monoisotopic (exact) mass is 151 g/mol. The van der Waals surface area contributed by atoms with Gasteiger partial charge in [-0.05, 0) is 17.8 Å². The molecular weight excluding hydrogens is 134 g/mol. The highest BCUT2D eigenvalue weighted by Crippen LogP contribution is 2.42. The fraction of sp³-hybridized carbons (Fsp3) is 0.900. The maximum Gasteiger partial charge on any atom is 0.0627 e. The van der Waals surface area contributed by atoms with E-state index in [-0.39, 0.29) is 0 Å². The molecule has 0 spiro atoms. The largest absolute Gasteiger partial charge is 0.198 e. The minimum atomic E-state index is 0.326. The fourth-order valence-electron chi connectivity index (χ4n) is 2.02. The van der Waals surface area contributed by atoms with Gasteiger partial charge >= 0.3 is 0 Å². The Labute approximate surface area is 69.4 Å². The smallest absolute Gasteiger partial charge is 0.0627 e. The lowest BCUT2D eigenvalue weighted by molar-refractivity contribution is 0.136. The molecule has 0 aromatic heterocycles. The molecule has 1 heteroatoms. The molecule has 0 amide bonds. The Kier molecular flexibility index (Phi) is 2.54. The van der Waals surface area contributed by atoms with Gasteiger partial charge in [-0.1, -0.05) is 33.1 Å². The second-order valence-corrected chi connectivity index (χ2v) is 4.14. The summed E-state index contributed by atoms with van der Waals surface area (Å²) >= 11 is 0.